The SMILES string of the molecule is COc1cc(/C=C/C(=O)C(CCN)C(O)(P(=O)(O)O)P(=O)(O)O)ccc1O. The number of carbonyl (C=O) groups excluding carboxylic acids is 1. The molecule has 13 heteroatoms. The Morgan fingerprint density at radius 2 is 1.81 bits per heavy atom. The van der Waals surface area contributed by atoms with Crippen molar-refractivity contribution < 1.29 is 48.4 Å². The van der Waals surface area contributed by atoms with Crippen LogP contribution in [-0.4, -0.2) is 54.3 Å². The molecule has 0 spiro atoms. The van der Waals surface area contributed by atoms with Gasteiger partial charge in [0.2, 0.25) is 0 Å². The lowest BCUT2D eigenvalue weighted by Crippen LogP contribution is -2.42. The number of ether oxygens (including phenoxy) is 1. The number of aliphatic hydroxyl groups is 1. The number of methoxy groups -OCH3 is 1. The van der Waals surface area contributed by atoms with Crippen molar-refractivity contribution in [3.8, 4) is 11.5 Å². The van der Waals surface area contributed by atoms with Crippen LogP contribution in [0.1, 0.15) is 12.0 Å². The number of phenols is 1. The van der Waals surface area contributed by atoms with E-state index < -0.39 is 38.4 Å². The number of benzene rings is 1. The minimum Gasteiger partial charge on any atom is -0.504 e. The summed E-state index contributed by atoms with van der Waals surface area (Å²) in [5.41, 5.74) is 5.61. The lowest BCUT2D eigenvalue weighted by atomic mass is 9.99. The number of aromatic hydroxyl groups is 1. The quantitative estimate of drug-likeness (QED) is 0.206. The average Bonchev–Trinajstić information content (AvgIpc) is 2.56. The molecule has 0 fully saturated rings. The molecule has 0 saturated carbocycles. The van der Waals surface area contributed by atoms with Gasteiger partial charge in [0.15, 0.2) is 17.3 Å². The first-order chi connectivity index (χ1) is 12.3. The van der Waals surface area contributed by atoms with Gasteiger partial charge in [-0.3, -0.25) is 13.9 Å². The third kappa shape index (κ3) is 5.04. The van der Waals surface area contributed by atoms with E-state index in [1.807, 2.05) is 0 Å². The zero-order valence-electron chi connectivity index (χ0n) is 14.2. The van der Waals surface area contributed by atoms with Gasteiger partial charge in [-0.2, -0.15) is 0 Å². The van der Waals surface area contributed by atoms with E-state index in [2.05, 4.69) is 0 Å². The molecule has 152 valence electrons. The zero-order chi connectivity index (χ0) is 21.0. The van der Waals surface area contributed by atoms with Crippen LogP contribution in [0.15, 0.2) is 24.3 Å². The molecule has 11 nitrogen and oxygen atoms in total. The van der Waals surface area contributed by atoms with E-state index in [-0.39, 0.29) is 18.0 Å². The summed E-state index contributed by atoms with van der Waals surface area (Å²) in [5.74, 6) is -3.38. The fraction of sp³-hybridized carbons (Fsp3) is 0.357. The fourth-order valence-corrected chi connectivity index (χ4v) is 5.04. The molecule has 1 rings (SSSR count). The number of phenolic OH excluding ortho intramolecular Hbond substituents is 1. The largest absolute Gasteiger partial charge is 0.504 e. The first-order valence-corrected chi connectivity index (χ1v) is 10.6. The molecule has 0 aromatic heterocycles. The Labute approximate surface area is 154 Å². The predicted molar refractivity (Wildman–Crippen MR) is 94.9 cm³/mol. The molecular formula is C14H21NO10P2. The Hall–Kier alpha value is -1.55. The van der Waals surface area contributed by atoms with Gasteiger partial charge in [-0.15, -0.1) is 0 Å². The molecule has 1 atom stereocenters. The number of hydrogen-bond donors (Lipinski definition) is 7. The van der Waals surface area contributed by atoms with E-state index in [9.17, 15) is 43.7 Å². The second-order valence-corrected chi connectivity index (χ2v) is 9.46. The van der Waals surface area contributed by atoms with Gasteiger partial charge >= 0.3 is 15.2 Å². The highest BCUT2D eigenvalue weighted by atomic mass is 31.2. The van der Waals surface area contributed by atoms with Crippen molar-refractivity contribution in [2.24, 2.45) is 11.7 Å². The second kappa shape index (κ2) is 8.64. The third-order valence-electron chi connectivity index (χ3n) is 3.77. The summed E-state index contributed by atoms with van der Waals surface area (Å²) in [4.78, 5) is 49.6. The van der Waals surface area contributed by atoms with E-state index in [1.165, 1.54) is 25.3 Å². The standard InChI is InChI=1S/C14H21NO10P2/c1-25-13-8-9(3-5-12(13)17)2-4-11(16)10(6-7-15)14(18,26(19,20)21)27(22,23)24/h2-5,8,10,17-18H,6-7,15H2,1H3,(H2,19,20,21)(H2,22,23,24)/b4-2+. The van der Waals surface area contributed by atoms with E-state index in [0.717, 1.165) is 12.2 Å². The van der Waals surface area contributed by atoms with Crippen molar-refractivity contribution in [1.29, 1.82) is 0 Å². The van der Waals surface area contributed by atoms with Crippen LogP contribution in [0.3, 0.4) is 0 Å². The smallest absolute Gasteiger partial charge is 0.370 e. The fourth-order valence-electron chi connectivity index (χ4n) is 2.36. The highest BCUT2D eigenvalue weighted by molar-refractivity contribution is 7.72. The van der Waals surface area contributed by atoms with Crippen molar-refractivity contribution in [2.45, 2.75) is 11.5 Å². The molecule has 0 heterocycles. The summed E-state index contributed by atoms with van der Waals surface area (Å²) in [5, 5.41) is 15.8. The summed E-state index contributed by atoms with van der Waals surface area (Å²) in [6.07, 6.45) is 1.37. The maximum absolute atomic E-state index is 12.4. The summed E-state index contributed by atoms with van der Waals surface area (Å²) in [7, 11) is -10.4. The molecule has 27 heavy (non-hydrogen) atoms. The van der Waals surface area contributed by atoms with Crippen molar-refractivity contribution >= 4 is 27.1 Å². The maximum Gasteiger partial charge on any atom is 0.370 e. The number of hydrogen-bond acceptors (Lipinski definition) is 7. The topological polar surface area (TPSA) is 208 Å². The molecule has 1 aromatic carbocycles. The van der Waals surface area contributed by atoms with E-state index in [1.54, 1.807) is 0 Å². The molecule has 0 saturated heterocycles. The van der Waals surface area contributed by atoms with Crippen LogP contribution in [0.5, 0.6) is 11.5 Å². The Morgan fingerprint density at radius 3 is 2.26 bits per heavy atom. The second-order valence-electron chi connectivity index (χ2n) is 5.57. The number of ketones is 1. The summed E-state index contributed by atoms with van der Waals surface area (Å²) < 4.78 is 28.1. The summed E-state index contributed by atoms with van der Waals surface area (Å²) in [6, 6.07) is 3.99. The molecular weight excluding hydrogens is 404 g/mol. The van der Waals surface area contributed by atoms with Gasteiger partial charge < -0.3 is 40.3 Å². The van der Waals surface area contributed by atoms with Crippen LogP contribution in [-0.2, 0) is 13.9 Å². The monoisotopic (exact) mass is 425 g/mol. The molecule has 0 amide bonds. The molecule has 1 unspecified atom stereocenters. The van der Waals surface area contributed by atoms with Gasteiger partial charge in [-0.1, -0.05) is 12.1 Å². The van der Waals surface area contributed by atoms with E-state index >= 15 is 0 Å². The zero-order valence-corrected chi connectivity index (χ0v) is 16.0. The summed E-state index contributed by atoms with van der Waals surface area (Å²) >= 11 is 0. The van der Waals surface area contributed by atoms with Gasteiger partial charge in [0.05, 0.1) is 13.0 Å². The van der Waals surface area contributed by atoms with Crippen LogP contribution in [0.25, 0.3) is 6.08 Å². The van der Waals surface area contributed by atoms with Crippen LogP contribution in [0.4, 0.5) is 0 Å². The summed E-state index contributed by atoms with van der Waals surface area (Å²) in [6.45, 7) is -0.375. The lowest BCUT2D eigenvalue weighted by Gasteiger charge is -2.34. The highest BCUT2D eigenvalue weighted by Gasteiger charge is 2.65. The Kier molecular flexibility index (Phi) is 7.52. The molecule has 0 aliphatic heterocycles. The van der Waals surface area contributed by atoms with Crippen LogP contribution in [0, 0.1) is 5.92 Å². The lowest BCUT2D eigenvalue weighted by molar-refractivity contribution is -0.122. The van der Waals surface area contributed by atoms with Crippen LogP contribution in [0.2, 0.25) is 0 Å². The first kappa shape index (κ1) is 23.5. The first-order valence-electron chi connectivity index (χ1n) is 7.42. The van der Waals surface area contributed by atoms with Crippen LogP contribution >= 0.6 is 15.2 Å². The van der Waals surface area contributed by atoms with Crippen molar-refractivity contribution in [3.63, 3.8) is 0 Å². The Bertz CT molecular complexity index is 790. The average molecular weight is 425 g/mol. The molecule has 0 aliphatic rings. The van der Waals surface area contributed by atoms with Crippen molar-refractivity contribution in [3.05, 3.63) is 29.8 Å². The Balaban J connectivity index is 3.33. The van der Waals surface area contributed by atoms with Crippen molar-refractivity contribution in [1.82, 2.24) is 0 Å². The highest BCUT2D eigenvalue weighted by Crippen LogP contribution is 2.71. The minimum atomic E-state index is -5.83. The number of carbonyl (C=O) groups is 1. The molecule has 0 aliphatic carbocycles. The van der Waals surface area contributed by atoms with Crippen molar-refractivity contribution in [2.75, 3.05) is 13.7 Å². The van der Waals surface area contributed by atoms with Crippen LogP contribution < -0.4 is 10.5 Å². The van der Waals surface area contributed by atoms with Gasteiger partial charge in [0, 0.05) is 0 Å². The van der Waals surface area contributed by atoms with Gasteiger partial charge in [-0.25, -0.2) is 0 Å². The minimum absolute atomic E-state index is 0.0880. The number of nitrogens with two attached hydrogens (primary N) is 1. The predicted octanol–water partition coefficient (Wildman–Crippen LogP) is -0.0504. The molecule has 0 bridgehead atoms. The normalized spacial score (nSPS) is 14.3. The van der Waals surface area contributed by atoms with E-state index in [0.29, 0.717) is 5.56 Å². The van der Waals surface area contributed by atoms with Gasteiger partial charge in [-0.05, 0) is 36.7 Å². The third-order valence-corrected chi connectivity index (χ3v) is 7.67. The van der Waals surface area contributed by atoms with E-state index in [4.69, 9.17) is 10.5 Å². The maximum atomic E-state index is 12.4. The molecule has 1 aromatic rings. The number of rotatable bonds is 9. The molecule has 8 N–H and O–H groups in total. The Morgan fingerprint density at radius 1 is 1.26 bits per heavy atom. The number of allylic oxidation sites excluding steroid dienone is 1. The van der Waals surface area contributed by atoms with Gasteiger partial charge in [0.1, 0.15) is 0 Å². The van der Waals surface area contributed by atoms with Gasteiger partial charge in [0.25, 0.3) is 5.08 Å². The molecule has 0 radical (unpaired) electrons.